The number of benzene rings is 1. The van der Waals surface area contributed by atoms with E-state index in [4.69, 9.17) is 4.74 Å². The van der Waals surface area contributed by atoms with Gasteiger partial charge in [-0.25, -0.2) is 0 Å². The Morgan fingerprint density at radius 2 is 1.50 bits per heavy atom. The summed E-state index contributed by atoms with van der Waals surface area (Å²) in [4.78, 5) is 11.0. The Morgan fingerprint density at radius 3 is 2.30 bits per heavy atom. The summed E-state index contributed by atoms with van der Waals surface area (Å²) < 4.78 is 5.93. The van der Waals surface area contributed by atoms with E-state index in [9.17, 15) is 0 Å². The van der Waals surface area contributed by atoms with Gasteiger partial charge in [0.25, 0.3) is 0 Å². The first-order valence-corrected chi connectivity index (χ1v) is 10.5. The minimum absolute atomic E-state index is 0.725. The zero-order valence-electron chi connectivity index (χ0n) is 17.1. The van der Waals surface area contributed by atoms with Crippen molar-refractivity contribution < 1.29 is 4.74 Å². The normalized spacial score (nSPS) is 14.1. The molecule has 0 spiro atoms. The third-order valence-corrected chi connectivity index (χ3v) is 5.25. The van der Waals surface area contributed by atoms with E-state index < -0.39 is 0 Å². The molecule has 154 valence electrons. The minimum atomic E-state index is 0.725. The van der Waals surface area contributed by atoms with E-state index in [1.54, 1.807) is 24.8 Å². The topological polar surface area (TPSA) is 66.9 Å². The van der Waals surface area contributed by atoms with E-state index >= 15 is 0 Å². The van der Waals surface area contributed by atoms with Gasteiger partial charge in [0, 0.05) is 48.7 Å². The molecular formula is C24H27N5O. The van der Waals surface area contributed by atoms with E-state index in [-0.39, 0.29) is 0 Å². The Hall–Kier alpha value is -3.25. The molecule has 1 fully saturated rings. The molecular weight excluding hydrogens is 374 g/mol. The lowest BCUT2D eigenvalue weighted by Crippen LogP contribution is -2.33. The Balaban J connectivity index is 1.42. The number of hydrogen-bond donors (Lipinski definition) is 1. The first kappa shape index (κ1) is 20.0. The summed E-state index contributed by atoms with van der Waals surface area (Å²) in [6.45, 7) is 4.11. The van der Waals surface area contributed by atoms with Crippen LogP contribution in [-0.4, -0.2) is 51.3 Å². The van der Waals surface area contributed by atoms with Gasteiger partial charge >= 0.3 is 0 Å². The van der Waals surface area contributed by atoms with Crippen LogP contribution in [0.15, 0.2) is 73.6 Å². The fourth-order valence-electron chi connectivity index (χ4n) is 3.55. The van der Waals surface area contributed by atoms with E-state index in [2.05, 4.69) is 25.1 Å². The maximum atomic E-state index is 5.93. The molecule has 6 nitrogen and oxygen atoms in total. The van der Waals surface area contributed by atoms with Gasteiger partial charge in [-0.3, -0.25) is 20.0 Å². The van der Waals surface area contributed by atoms with Crippen LogP contribution in [0.25, 0.3) is 22.3 Å². The summed E-state index contributed by atoms with van der Waals surface area (Å²) in [5, 5.41) is 7.26. The quantitative estimate of drug-likeness (QED) is 0.658. The third-order valence-electron chi connectivity index (χ3n) is 5.25. The summed E-state index contributed by atoms with van der Waals surface area (Å²) in [5.74, 6) is 0.891. The van der Waals surface area contributed by atoms with Crippen molar-refractivity contribution in [2.24, 2.45) is 0 Å². The molecule has 0 unspecified atom stereocenters. The molecule has 0 bridgehead atoms. The number of ether oxygens (including phenoxy) is 1. The molecule has 0 radical (unpaired) electrons. The summed E-state index contributed by atoms with van der Waals surface area (Å²) in [6.07, 6.45) is 14.7. The highest BCUT2D eigenvalue weighted by molar-refractivity contribution is 5.63. The smallest absolute Gasteiger partial charge is 0.119 e. The lowest BCUT2D eigenvalue weighted by molar-refractivity contribution is 0.183. The highest BCUT2D eigenvalue weighted by atomic mass is 16.5. The van der Waals surface area contributed by atoms with Gasteiger partial charge in [0.2, 0.25) is 0 Å². The first-order chi connectivity index (χ1) is 14.9. The van der Waals surface area contributed by atoms with E-state index in [1.807, 2.05) is 48.8 Å². The molecule has 0 amide bonds. The summed E-state index contributed by atoms with van der Waals surface area (Å²) in [7, 11) is 0. The van der Waals surface area contributed by atoms with E-state index in [1.165, 1.54) is 32.4 Å². The van der Waals surface area contributed by atoms with Crippen LogP contribution < -0.4 is 4.74 Å². The van der Waals surface area contributed by atoms with Crippen LogP contribution in [0.3, 0.4) is 0 Å². The molecule has 30 heavy (non-hydrogen) atoms. The van der Waals surface area contributed by atoms with Crippen molar-refractivity contribution in [2.75, 3.05) is 26.2 Å². The minimum Gasteiger partial charge on any atom is -0.492 e. The van der Waals surface area contributed by atoms with Gasteiger partial charge in [0.1, 0.15) is 12.4 Å². The first-order valence-electron chi connectivity index (χ1n) is 10.5. The maximum Gasteiger partial charge on any atom is 0.119 e. The van der Waals surface area contributed by atoms with Crippen molar-refractivity contribution in [3.63, 3.8) is 0 Å². The lowest BCUT2D eigenvalue weighted by Gasteiger charge is -2.26. The van der Waals surface area contributed by atoms with Crippen molar-refractivity contribution in [3.05, 3.63) is 73.6 Å². The van der Waals surface area contributed by atoms with Gasteiger partial charge in [-0.15, -0.1) is 0 Å². The number of nitrogens with one attached hydrogen (secondary N) is 1. The third kappa shape index (κ3) is 5.64. The van der Waals surface area contributed by atoms with Crippen LogP contribution in [0.4, 0.5) is 0 Å². The predicted octanol–water partition coefficient (Wildman–Crippen LogP) is 4.52. The molecule has 3 aromatic rings. The number of rotatable bonds is 6. The average Bonchev–Trinajstić information content (AvgIpc) is 2.93. The molecule has 4 rings (SSSR count). The van der Waals surface area contributed by atoms with E-state index in [0.717, 1.165) is 41.2 Å². The van der Waals surface area contributed by atoms with Crippen molar-refractivity contribution in [2.45, 2.75) is 19.3 Å². The summed E-state index contributed by atoms with van der Waals surface area (Å²) >= 11 is 0. The number of aromatic amines is 1. The second kappa shape index (κ2) is 10.5. The zero-order valence-corrected chi connectivity index (χ0v) is 17.1. The van der Waals surface area contributed by atoms with Gasteiger partial charge < -0.3 is 4.74 Å². The lowest BCUT2D eigenvalue weighted by atomic mass is 10.1. The van der Waals surface area contributed by atoms with Crippen molar-refractivity contribution in [3.8, 4) is 28.0 Å². The van der Waals surface area contributed by atoms with Gasteiger partial charge in [0.15, 0.2) is 0 Å². The molecule has 6 heteroatoms. The molecule has 0 saturated carbocycles. The number of pyridine rings is 1. The SMILES string of the molecule is c1cc(-c2cncc(-c3ccc(OCCN4CCCCC4)cc3)c[nH]nc2)ccn1. The molecule has 1 N–H and O–H groups in total. The standard InChI is InChI=1S/C24H27N5O/c1-2-12-29(13-3-1)14-15-30-24-6-4-20(5-7-24)22-16-26-17-23(19-28-27-18-22)21-8-10-25-11-9-21/h4-11,16-19,27H,1-3,12-15H2. The summed E-state index contributed by atoms with van der Waals surface area (Å²) in [6, 6.07) is 12.0. The molecule has 1 aliphatic heterocycles. The largest absolute Gasteiger partial charge is 0.492 e. The number of piperidine rings is 1. The molecule has 1 aromatic carbocycles. The molecule has 3 heterocycles. The Bertz CT molecular complexity index is 964. The van der Waals surface area contributed by atoms with Crippen molar-refractivity contribution >= 4 is 0 Å². The van der Waals surface area contributed by atoms with E-state index in [0.29, 0.717) is 0 Å². The fraction of sp³-hybridized carbons (Fsp3) is 0.292. The number of aromatic nitrogens is 4. The van der Waals surface area contributed by atoms with Crippen LogP contribution >= 0.6 is 0 Å². The van der Waals surface area contributed by atoms with Crippen molar-refractivity contribution in [1.82, 2.24) is 25.1 Å². The van der Waals surface area contributed by atoms with Crippen molar-refractivity contribution in [1.29, 1.82) is 0 Å². The number of H-pyrrole nitrogens is 1. The van der Waals surface area contributed by atoms with Gasteiger partial charge in [-0.2, -0.15) is 5.10 Å². The van der Waals surface area contributed by atoms with Crippen LogP contribution in [0.1, 0.15) is 19.3 Å². The molecule has 0 atom stereocenters. The summed E-state index contributed by atoms with van der Waals surface area (Å²) in [5.41, 5.74) is 3.92. The average molecular weight is 402 g/mol. The van der Waals surface area contributed by atoms with Crippen LogP contribution in [-0.2, 0) is 0 Å². The van der Waals surface area contributed by atoms with Gasteiger partial charge in [-0.05, 0) is 61.3 Å². The maximum absolute atomic E-state index is 5.93. The van der Waals surface area contributed by atoms with Gasteiger partial charge in [0.05, 0.1) is 6.20 Å². The van der Waals surface area contributed by atoms with Gasteiger partial charge in [-0.1, -0.05) is 18.6 Å². The second-order valence-electron chi connectivity index (χ2n) is 7.36. The zero-order chi connectivity index (χ0) is 20.4. The second-order valence-corrected chi connectivity index (χ2v) is 7.36. The number of nitrogens with zero attached hydrogens (tertiary/aromatic N) is 4. The molecule has 1 aliphatic rings. The van der Waals surface area contributed by atoms with Crippen LogP contribution in [0, 0.1) is 0 Å². The Labute approximate surface area is 177 Å². The highest BCUT2D eigenvalue weighted by Gasteiger charge is 2.09. The molecule has 1 saturated heterocycles. The van der Waals surface area contributed by atoms with Crippen LogP contribution in [0.5, 0.6) is 5.75 Å². The molecule has 2 aromatic heterocycles. The predicted molar refractivity (Wildman–Crippen MR) is 118 cm³/mol. The Morgan fingerprint density at radius 1 is 0.767 bits per heavy atom. The Kier molecular flexibility index (Phi) is 7.02. The number of hydrogen-bond acceptors (Lipinski definition) is 5. The fourth-order valence-corrected chi connectivity index (χ4v) is 3.55. The monoisotopic (exact) mass is 401 g/mol. The highest BCUT2D eigenvalue weighted by Crippen LogP contribution is 2.21. The van der Waals surface area contributed by atoms with Crippen LogP contribution in [0.2, 0.25) is 0 Å². The number of likely N-dealkylation sites (tertiary alicyclic amines) is 1. The molecule has 0 aliphatic carbocycles.